The molecule has 4 heteroatoms. The van der Waals surface area contributed by atoms with Crippen molar-refractivity contribution in [2.24, 2.45) is 5.92 Å². The molecule has 1 rings (SSSR count). The molecule has 0 bridgehead atoms. The second-order valence-electron chi connectivity index (χ2n) is 5.34. The number of nitrogens with zero attached hydrogens (tertiary/aromatic N) is 2. The van der Waals surface area contributed by atoms with Gasteiger partial charge in [-0.05, 0) is 25.7 Å². The third-order valence-electron chi connectivity index (χ3n) is 2.78. The maximum atomic E-state index is 5.54. The van der Waals surface area contributed by atoms with Gasteiger partial charge >= 0.3 is 0 Å². The van der Waals surface area contributed by atoms with Crippen molar-refractivity contribution in [2.45, 2.75) is 53.4 Å². The Morgan fingerprint density at radius 2 is 2.05 bits per heavy atom. The lowest BCUT2D eigenvalue weighted by atomic mass is 10.1. The van der Waals surface area contributed by atoms with Gasteiger partial charge in [0.05, 0.1) is 6.61 Å². The van der Waals surface area contributed by atoms with Gasteiger partial charge in [-0.3, -0.25) is 0 Å². The quantitative estimate of drug-likeness (QED) is 0.690. The number of ether oxygens (including phenoxy) is 1. The fraction of sp³-hybridized carbons (Fsp3) is 0.733. The first-order valence-corrected chi connectivity index (χ1v) is 7.34. The molecule has 108 valence electrons. The zero-order valence-corrected chi connectivity index (χ0v) is 12.7. The largest absolute Gasteiger partial charge is 0.478 e. The molecule has 0 fully saturated rings. The summed E-state index contributed by atoms with van der Waals surface area (Å²) in [7, 11) is 0. The fourth-order valence-electron chi connectivity index (χ4n) is 1.78. The van der Waals surface area contributed by atoms with Gasteiger partial charge in [-0.25, -0.2) is 4.98 Å². The third kappa shape index (κ3) is 6.99. The zero-order valence-electron chi connectivity index (χ0n) is 12.7. The van der Waals surface area contributed by atoms with E-state index in [1.807, 2.05) is 13.0 Å². The van der Waals surface area contributed by atoms with Gasteiger partial charge in [-0.15, -0.1) is 0 Å². The summed E-state index contributed by atoms with van der Waals surface area (Å²) in [5.74, 6) is 2.12. The van der Waals surface area contributed by atoms with Crippen LogP contribution in [0.5, 0.6) is 5.88 Å². The van der Waals surface area contributed by atoms with Crippen LogP contribution in [0.2, 0.25) is 0 Å². The second-order valence-corrected chi connectivity index (χ2v) is 5.34. The summed E-state index contributed by atoms with van der Waals surface area (Å²) in [6, 6.07) is 1.87. The molecular formula is C15H27N3O. The van der Waals surface area contributed by atoms with Gasteiger partial charge in [-0.1, -0.05) is 33.6 Å². The molecule has 19 heavy (non-hydrogen) atoms. The summed E-state index contributed by atoms with van der Waals surface area (Å²) in [4.78, 5) is 8.73. The van der Waals surface area contributed by atoms with E-state index >= 15 is 0 Å². The van der Waals surface area contributed by atoms with E-state index in [0.29, 0.717) is 18.4 Å². The van der Waals surface area contributed by atoms with E-state index < -0.39 is 0 Å². The molecular weight excluding hydrogens is 238 g/mol. The summed E-state index contributed by atoms with van der Waals surface area (Å²) in [5, 5.41) is 3.27. The van der Waals surface area contributed by atoms with E-state index in [9.17, 15) is 0 Å². The molecule has 0 amide bonds. The van der Waals surface area contributed by atoms with E-state index in [0.717, 1.165) is 31.0 Å². The van der Waals surface area contributed by atoms with Gasteiger partial charge in [-0.2, -0.15) is 4.98 Å². The van der Waals surface area contributed by atoms with Crippen molar-refractivity contribution >= 4 is 5.95 Å². The Morgan fingerprint density at radius 3 is 2.74 bits per heavy atom. The SMILES string of the molecule is CCCOc1cc(C)nc(NCCCCC(C)C)n1. The third-order valence-corrected chi connectivity index (χ3v) is 2.78. The van der Waals surface area contributed by atoms with E-state index in [2.05, 4.69) is 36.1 Å². The van der Waals surface area contributed by atoms with Crippen molar-refractivity contribution in [3.05, 3.63) is 11.8 Å². The van der Waals surface area contributed by atoms with Crippen LogP contribution in [0.3, 0.4) is 0 Å². The number of anilines is 1. The molecule has 0 saturated heterocycles. The van der Waals surface area contributed by atoms with Gasteiger partial charge in [0, 0.05) is 18.3 Å². The highest BCUT2D eigenvalue weighted by molar-refractivity contribution is 5.30. The van der Waals surface area contributed by atoms with Crippen LogP contribution >= 0.6 is 0 Å². The van der Waals surface area contributed by atoms with Gasteiger partial charge in [0.2, 0.25) is 11.8 Å². The fourth-order valence-corrected chi connectivity index (χ4v) is 1.78. The number of nitrogens with one attached hydrogen (secondary N) is 1. The van der Waals surface area contributed by atoms with Crippen LogP contribution in [0, 0.1) is 12.8 Å². The average Bonchev–Trinajstić information content (AvgIpc) is 2.35. The molecule has 1 N–H and O–H groups in total. The normalized spacial score (nSPS) is 10.8. The predicted octanol–water partition coefficient (Wildman–Crippen LogP) is 3.81. The number of rotatable bonds is 9. The Balaban J connectivity index is 2.38. The van der Waals surface area contributed by atoms with E-state index in [4.69, 9.17) is 4.74 Å². The molecule has 0 aliphatic carbocycles. The van der Waals surface area contributed by atoms with Gasteiger partial charge in [0.15, 0.2) is 0 Å². The molecule has 0 aliphatic heterocycles. The minimum Gasteiger partial charge on any atom is -0.478 e. The minimum absolute atomic E-state index is 0.666. The molecule has 0 saturated carbocycles. The van der Waals surface area contributed by atoms with Gasteiger partial charge in [0.1, 0.15) is 0 Å². The van der Waals surface area contributed by atoms with Crippen LogP contribution in [0.15, 0.2) is 6.07 Å². The number of aromatic nitrogens is 2. The van der Waals surface area contributed by atoms with Crippen LogP contribution in [-0.4, -0.2) is 23.1 Å². The Hall–Kier alpha value is -1.32. The average molecular weight is 265 g/mol. The van der Waals surface area contributed by atoms with E-state index in [1.54, 1.807) is 0 Å². The second kappa shape index (κ2) is 8.73. The van der Waals surface area contributed by atoms with Crippen molar-refractivity contribution in [1.82, 2.24) is 9.97 Å². The summed E-state index contributed by atoms with van der Waals surface area (Å²) < 4.78 is 5.54. The summed E-state index contributed by atoms with van der Waals surface area (Å²) in [5.41, 5.74) is 0.936. The molecule has 0 radical (unpaired) electrons. The Kier molecular flexibility index (Phi) is 7.23. The van der Waals surface area contributed by atoms with Gasteiger partial charge < -0.3 is 10.1 Å². The minimum atomic E-state index is 0.666. The molecule has 1 aromatic heterocycles. The van der Waals surface area contributed by atoms with Crippen molar-refractivity contribution in [1.29, 1.82) is 0 Å². The van der Waals surface area contributed by atoms with Crippen LogP contribution in [0.4, 0.5) is 5.95 Å². The molecule has 4 nitrogen and oxygen atoms in total. The lowest BCUT2D eigenvalue weighted by molar-refractivity contribution is 0.305. The standard InChI is InChI=1S/C15H27N3O/c1-5-10-19-14-11-13(4)17-15(18-14)16-9-7-6-8-12(2)3/h11-12H,5-10H2,1-4H3,(H,16,17,18). The summed E-state index contributed by atoms with van der Waals surface area (Å²) in [6.45, 7) is 10.2. The molecule has 0 spiro atoms. The Morgan fingerprint density at radius 1 is 1.26 bits per heavy atom. The molecule has 0 aromatic carbocycles. The van der Waals surface area contributed by atoms with Crippen molar-refractivity contribution in [2.75, 3.05) is 18.5 Å². The predicted molar refractivity (Wildman–Crippen MR) is 79.7 cm³/mol. The first-order valence-electron chi connectivity index (χ1n) is 7.34. The number of hydrogen-bond donors (Lipinski definition) is 1. The van der Waals surface area contributed by atoms with E-state index in [-0.39, 0.29) is 0 Å². The molecule has 1 heterocycles. The summed E-state index contributed by atoms with van der Waals surface area (Å²) >= 11 is 0. The molecule has 0 atom stereocenters. The number of aryl methyl sites for hydroxylation is 1. The number of unbranched alkanes of at least 4 members (excludes halogenated alkanes) is 1. The van der Waals surface area contributed by atoms with Crippen LogP contribution in [-0.2, 0) is 0 Å². The summed E-state index contributed by atoms with van der Waals surface area (Å²) in [6.07, 6.45) is 4.67. The smallest absolute Gasteiger partial charge is 0.226 e. The van der Waals surface area contributed by atoms with Crippen LogP contribution < -0.4 is 10.1 Å². The lowest BCUT2D eigenvalue weighted by Crippen LogP contribution is -2.08. The lowest BCUT2D eigenvalue weighted by Gasteiger charge is -2.09. The monoisotopic (exact) mass is 265 g/mol. The van der Waals surface area contributed by atoms with Crippen LogP contribution in [0.25, 0.3) is 0 Å². The maximum Gasteiger partial charge on any atom is 0.226 e. The zero-order chi connectivity index (χ0) is 14.1. The van der Waals surface area contributed by atoms with E-state index in [1.165, 1.54) is 12.8 Å². The van der Waals surface area contributed by atoms with Crippen molar-refractivity contribution < 1.29 is 4.74 Å². The topological polar surface area (TPSA) is 47.0 Å². The molecule has 0 unspecified atom stereocenters. The highest BCUT2D eigenvalue weighted by atomic mass is 16.5. The first-order chi connectivity index (χ1) is 9.11. The van der Waals surface area contributed by atoms with Crippen LogP contribution in [0.1, 0.15) is 52.1 Å². The molecule has 1 aromatic rings. The molecule has 0 aliphatic rings. The van der Waals surface area contributed by atoms with Crippen molar-refractivity contribution in [3.63, 3.8) is 0 Å². The van der Waals surface area contributed by atoms with Gasteiger partial charge in [0.25, 0.3) is 0 Å². The number of hydrogen-bond acceptors (Lipinski definition) is 4. The Labute approximate surface area is 117 Å². The maximum absolute atomic E-state index is 5.54. The highest BCUT2D eigenvalue weighted by Crippen LogP contribution is 2.12. The Bertz CT molecular complexity index is 366. The van der Waals surface area contributed by atoms with Crippen molar-refractivity contribution in [3.8, 4) is 5.88 Å². The highest BCUT2D eigenvalue weighted by Gasteiger charge is 2.02. The first kappa shape index (κ1) is 15.7.